The second-order valence-electron chi connectivity index (χ2n) is 9.35. The van der Waals surface area contributed by atoms with Crippen molar-refractivity contribution in [2.75, 3.05) is 26.7 Å². The van der Waals surface area contributed by atoms with E-state index in [-0.39, 0.29) is 48.5 Å². The summed E-state index contributed by atoms with van der Waals surface area (Å²) in [6.07, 6.45) is 4.25. The molecular formula is C29H29FN4O4. The number of carbonyl (C=O) groups is 2. The minimum atomic E-state index is -0.600. The summed E-state index contributed by atoms with van der Waals surface area (Å²) in [5.74, 6) is 4.50. The van der Waals surface area contributed by atoms with Gasteiger partial charge in [0.2, 0.25) is 5.88 Å². The number of halogens is 1. The van der Waals surface area contributed by atoms with E-state index in [0.717, 1.165) is 5.56 Å². The van der Waals surface area contributed by atoms with E-state index in [2.05, 4.69) is 21.8 Å². The summed E-state index contributed by atoms with van der Waals surface area (Å²) in [5, 5.41) is 9.85. The molecule has 0 aliphatic carbocycles. The van der Waals surface area contributed by atoms with Gasteiger partial charge in [-0.15, -0.1) is 0 Å². The van der Waals surface area contributed by atoms with Crippen molar-refractivity contribution >= 4 is 11.8 Å². The molecule has 38 heavy (non-hydrogen) atoms. The second kappa shape index (κ2) is 11.8. The van der Waals surface area contributed by atoms with Crippen LogP contribution in [0.1, 0.15) is 45.7 Å². The topological polar surface area (TPSA) is 95.9 Å². The van der Waals surface area contributed by atoms with E-state index < -0.39 is 23.9 Å². The minimum absolute atomic E-state index is 0.0323. The van der Waals surface area contributed by atoms with Gasteiger partial charge in [0.15, 0.2) is 0 Å². The lowest BCUT2D eigenvalue weighted by molar-refractivity contribution is 0.0312. The second-order valence-corrected chi connectivity index (χ2v) is 9.35. The Kier molecular flexibility index (Phi) is 8.34. The van der Waals surface area contributed by atoms with Gasteiger partial charge < -0.3 is 19.6 Å². The zero-order chi connectivity index (χ0) is 27.2. The number of benzene rings is 1. The fourth-order valence-electron chi connectivity index (χ4n) is 4.16. The van der Waals surface area contributed by atoms with E-state index >= 15 is 0 Å². The van der Waals surface area contributed by atoms with E-state index in [1.54, 1.807) is 55.5 Å². The Morgan fingerprint density at radius 2 is 1.95 bits per heavy atom. The third-order valence-electron chi connectivity index (χ3n) is 6.46. The number of rotatable bonds is 5. The van der Waals surface area contributed by atoms with Crippen LogP contribution in [0.5, 0.6) is 5.88 Å². The summed E-state index contributed by atoms with van der Waals surface area (Å²) in [5.41, 5.74) is 1.47. The van der Waals surface area contributed by atoms with Gasteiger partial charge in [0, 0.05) is 49.2 Å². The molecule has 0 saturated carbocycles. The molecule has 3 atom stereocenters. The number of aliphatic hydroxyl groups is 1. The summed E-state index contributed by atoms with van der Waals surface area (Å²) in [7, 11) is 1.58. The molecule has 196 valence electrons. The Hall–Kier alpha value is -4.29. The first-order valence-corrected chi connectivity index (χ1v) is 12.3. The summed E-state index contributed by atoms with van der Waals surface area (Å²) < 4.78 is 20.5. The average Bonchev–Trinajstić information content (AvgIpc) is 2.93. The lowest BCUT2D eigenvalue weighted by Crippen LogP contribution is -2.50. The maximum Gasteiger partial charge on any atom is 0.259 e. The highest BCUT2D eigenvalue weighted by molar-refractivity contribution is 5.97. The molecule has 3 aromatic rings. The molecule has 0 unspecified atom stereocenters. The highest BCUT2D eigenvalue weighted by Crippen LogP contribution is 2.27. The first kappa shape index (κ1) is 26.8. The van der Waals surface area contributed by atoms with Gasteiger partial charge in [-0.05, 0) is 37.3 Å². The minimum Gasteiger partial charge on any atom is -0.472 e. The summed E-state index contributed by atoms with van der Waals surface area (Å²) >= 11 is 0. The fraction of sp³-hybridized carbons (Fsp3) is 0.310. The number of ether oxygens (including phenoxy) is 1. The van der Waals surface area contributed by atoms with Crippen LogP contribution in [0.4, 0.5) is 4.39 Å². The van der Waals surface area contributed by atoms with Gasteiger partial charge in [0.05, 0.1) is 24.8 Å². The fourth-order valence-corrected chi connectivity index (χ4v) is 4.16. The van der Waals surface area contributed by atoms with Crippen LogP contribution in [-0.4, -0.2) is 75.6 Å². The Morgan fingerprint density at radius 1 is 1.24 bits per heavy atom. The average molecular weight is 517 g/mol. The zero-order valence-corrected chi connectivity index (χ0v) is 21.5. The van der Waals surface area contributed by atoms with Crippen LogP contribution in [0.25, 0.3) is 0 Å². The number of aliphatic hydroxyl groups excluding tert-OH is 1. The normalized spacial score (nSPS) is 17.7. The SMILES string of the molecule is C[C@H]1CN([C@@H](C)CO)C(=O)c2cc(C#Cc3ccncc3)cnc2O[C@H]1CN(C)C(=O)c1ccccc1F. The van der Waals surface area contributed by atoms with Crippen LogP contribution in [-0.2, 0) is 0 Å². The predicted molar refractivity (Wildman–Crippen MR) is 139 cm³/mol. The first-order chi connectivity index (χ1) is 18.3. The highest BCUT2D eigenvalue weighted by Gasteiger charge is 2.35. The van der Waals surface area contributed by atoms with Gasteiger partial charge in [0.1, 0.15) is 17.5 Å². The van der Waals surface area contributed by atoms with Crippen LogP contribution < -0.4 is 4.74 Å². The quantitative estimate of drug-likeness (QED) is 0.524. The first-order valence-electron chi connectivity index (χ1n) is 12.3. The van der Waals surface area contributed by atoms with Crippen molar-refractivity contribution in [3.63, 3.8) is 0 Å². The van der Waals surface area contributed by atoms with E-state index in [4.69, 9.17) is 4.74 Å². The van der Waals surface area contributed by atoms with E-state index in [1.165, 1.54) is 29.3 Å². The molecule has 9 heteroatoms. The number of amides is 2. The number of likely N-dealkylation sites (N-methyl/N-ethyl adjacent to an activating group) is 1. The van der Waals surface area contributed by atoms with Gasteiger partial charge >= 0.3 is 0 Å². The molecule has 3 heterocycles. The van der Waals surface area contributed by atoms with Gasteiger partial charge in [-0.3, -0.25) is 14.6 Å². The van der Waals surface area contributed by atoms with E-state index in [0.29, 0.717) is 5.56 Å². The number of aromatic nitrogens is 2. The Balaban J connectivity index is 1.66. The molecule has 1 aliphatic heterocycles. The third-order valence-corrected chi connectivity index (χ3v) is 6.46. The Bertz CT molecular complexity index is 1370. The maximum atomic E-state index is 14.2. The lowest BCUT2D eigenvalue weighted by atomic mass is 9.99. The van der Waals surface area contributed by atoms with Crippen molar-refractivity contribution in [2.24, 2.45) is 5.92 Å². The van der Waals surface area contributed by atoms with Crippen molar-refractivity contribution in [3.8, 4) is 17.7 Å². The van der Waals surface area contributed by atoms with Gasteiger partial charge in [-0.2, -0.15) is 0 Å². The molecule has 2 aromatic heterocycles. The molecule has 0 radical (unpaired) electrons. The van der Waals surface area contributed by atoms with Crippen molar-refractivity contribution in [3.05, 3.63) is 89.1 Å². The molecule has 4 rings (SSSR count). The van der Waals surface area contributed by atoms with Crippen molar-refractivity contribution < 1.29 is 23.8 Å². The third kappa shape index (κ3) is 5.98. The molecule has 1 N–H and O–H groups in total. The summed E-state index contributed by atoms with van der Waals surface area (Å²) in [6, 6.07) is 10.5. The number of fused-ring (bicyclic) bond motifs is 1. The number of carbonyl (C=O) groups excluding carboxylic acids is 2. The number of hydrogen-bond donors (Lipinski definition) is 1. The Labute approximate surface area is 221 Å². The van der Waals surface area contributed by atoms with Crippen LogP contribution in [0.15, 0.2) is 61.1 Å². The number of hydrogen-bond acceptors (Lipinski definition) is 6. The number of nitrogens with zero attached hydrogens (tertiary/aromatic N) is 4. The summed E-state index contributed by atoms with van der Waals surface area (Å²) in [6.45, 7) is 3.85. The largest absolute Gasteiger partial charge is 0.472 e. The van der Waals surface area contributed by atoms with Crippen molar-refractivity contribution in [2.45, 2.75) is 26.0 Å². The van der Waals surface area contributed by atoms with Crippen LogP contribution in [0.3, 0.4) is 0 Å². The molecule has 2 amide bonds. The van der Waals surface area contributed by atoms with E-state index in [9.17, 15) is 19.1 Å². The van der Waals surface area contributed by atoms with Crippen LogP contribution in [0, 0.1) is 23.6 Å². The molecule has 8 nitrogen and oxygen atoms in total. The monoisotopic (exact) mass is 516 g/mol. The zero-order valence-electron chi connectivity index (χ0n) is 21.5. The molecule has 1 aromatic carbocycles. The van der Waals surface area contributed by atoms with Gasteiger partial charge in [-0.1, -0.05) is 30.9 Å². The Morgan fingerprint density at radius 3 is 2.66 bits per heavy atom. The molecule has 0 bridgehead atoms. The maximum absolute atomic E-state index is 14.2. The lowest BCUT2D eigenvalue weighted by Gasteiger charge is -2.37. The van der Waals surface area contributed by atoms with Crippen molar-refractivity contribution in [1.29, 1.82) is 0 Å². The smallest absolute Gasteiger partial charge is 0.259 e. The standard InChI is InChI=1S/C29H29FN4O4/c1-19-16-34(20(2)18-35)29(37)24-14-22(9-8-21-10-12-31-13-11-21)15-32-27(24)38-26(19)17-33(3)28(36)23-6-4-5-7-25(23)30/h4-7,10-15,19-20,26,35H,16-18H2,1-3H3/t19-,20-,26-/m0/s1. The molecule has 0 fully saturated rings. The summed E-state index contributed by atoms with van der Waals surface area (Å²) in [4.78, 5) is 37.9. The highest BCUT2D eigenvalue weighted by atomic mass is 19.1. The van der Waals surface area contributed by atoms with Crippen molar-refractivity contribution in [1.82, 2.24) is 19.8 Å². The van der Waals surface area contributed by atoms with E-state index in [1.807, 2.05) is 6.92 Å². The van der Waals surface area contributed by atoms with Crippen LogP contribution >= 0.6 is 0 Å². The van der Waals surface area contributed by atoms with Crippen LogP contribution in [0.2, 0.25) is 0 Å². The molecular weight excluding hydrogens is 487 g/mol. The molecule has 0 spiro atoms. The molecule has 0 saturated heterocycles. The van der Waals surface area contributed by atoms with Gasteiger partial charge in [-0.25, -0.2) is 9.37 Å². The predicted octanol–water partition coefficient (Wildman–Crippen LogP) is 3.01. The van der Waals surface area contributed by atoms with Gasteiger partial charge in [0.25, 0.3) is 11.8 Å². The molecule has 1 aliphatic rings. The number of pyridine rings is 2.